The van der Waals surface area contributed by atoms with Crippen LogP contribution in [-0.2, 0) is 11.3 Å². The van der Waals surface area contributed by atoms with Gasteiger partial charge in [0.05, 0.1) is 36.7 Å². The number of hydrogen-bond acceptors (Lipinski definition) is 5. The number of fused-ring (bicyclic) bond motifs is 1. The molecule has 0 atom stereocenters. The van der Waals surface area contributed by atoms with Gasteiger partial charge in [0.25, 0.3) is 0 Å². The predicted molar refractivity (Wildman–Crippen MR) is 94.4 cm³/mol. The van der Waals surface area contributed by atoms with E-state index < -0.39 is 5.82 Å². The van der Waals surface area contributed by atoms with Gasteiger partial charge in [-0.05, 0) is 5.92 Å². The number of aromatic nitrogens is 5. The van der Waals surface area contributed by atoms with E-state index in [1.807, 2.05) is 10.9 Å². The fourth-order valence-corrected chi connectivity index (χ4v) is 3.18. The van der Waals surface area contributed by atoms with Crippen LogP contribution >= 0.6 is 0 Å². The molecule has 0 radical (unpaired) electrons. The fraction of sp³-hybridized carbons (Fsp3) is 0.500. The van der Waals surface area contributed by atoms with Gasteiger partial charge in [0.1, 0.15) is 11.6 Å². The second kappa shape index (κ2) is 7.03. The van der Waals surface area contributed by atoms with Crippen LogP contribution in [0, 0.1) is 11.7 Å². The van der Waals surface area contributed by atoms with Crippen LogP contribution in [0.4, 0.5) is 4.39 Å². The van der Waals surface area contributed by atoms with Crippen LogP contribution in [0.2, 0.25) is 0 Å². The molecule has 7 nitrogen and oxygen atoms in total. The van der Waals surface area contributed by atoms with Crippen LogP contribution in [0.25, 0.3) is 22.2 Å². The molecule has 4 heterocycles. The zero-order valence-corrected chi connectivity index (χ0v) is 14.9. The standard InChI is InChI=1S/C18H22FN5O2/c1-11(2)9-24-10-12(7-21-24)16-15-17(23-22-16)14(19)8-20-18(15)26-13-3-5-25-6-4-13/h7-8,10-11,13H,3-6,9H2,1-2H3,(H,22,23). The maximum absolute atomic E-state index is 14.2. The van der Waals surface area contributed by atoms with Crippen LogP contribution in [0.15, 0.2) is 18.6 Å². The van der Waals surface area contributed by atoms with Crippen molar-refractivity contribution in [1.82, 2.24) is 25.0 Å². The number of rotatable bonds is 5. The Hall–Kier alpha value is -2.48. The third kappa shape index (κ3) is 3.29. The lowest BCUT2D eigenvalue weighted by Crippen LogP contribution is -2.26. The number of H-pyrrole nitrogens is 1. The Kier molecular flexibility index (Phi) is 4.58. The Bertz CT molecular complexity index is 898. The van der Waals surface area contributed by atoms with Gasteiger partial charge >= 0.3 is 0 Å². The van der Waals surface area contributed by atoms with Crippen molar-refractivity contribution in [3.63, 3.8) is 0 Å². The number of ether oxygens (including phenoxy) is 2. The number of pyridine rings is 1. The summed E-state index contributed by atoms with van der Waals surface area (Å²) in [6.07, 6.45) is 6.43. The zero-order chi connectivity index (χ0) is 18.1. The first kappa shape index (κ1) is 17.0. The summed E-state index contributed by atoms with van der Waals surface area (Å²) in [5, 5.41) is 12.0. The maximum atomic E-state index is 14.2. The Balaban J connectivity index is 1.72. The molecule has 0 spiro atoms. The van der Waals surface area contributed by atoms with Gasteiger partial charge in [-0.15, -0.1) is 0 Å². The Morgan fingerprint density at radius 2 is 2.15 bits per heavy atom. The predicted octanol–water partition coefficient (Wildman–Crippen LogP) is 3.17. The smallest absolute Gasteiger partial charge is 0.225 e. The summed E-state index contributed by atoms with van der Waals surface area (Å²) in [4.78, 5) is 4.19. The molecule has 0 aromatic carbocycles. The SMILES string of the molecule is CC(C)Cn1cc(-c2[nH]nc3c(F)cnc(OC4CCOCC4)c23)cn1. The molecule has 1 saturated heterocycles. The van der Waals surface area contributed by atoms with Crippen molar-refractivity contribution in [1.29, 1.82) is 0 Å². The molecule has 0 aliphatic carbocycles. The molecule has 26 heavy (non-hydrogen) atoms. The molecule has 3 aromatic rings. The van der Waals surface area contributed by atoms with E-state index in [1.54, 1.807) is 6.20 Å². The molecule has 138 valence electrons. The van der Waals surface area contributed by atoms with Crippen LogP contribution in [0.1, 0.15) is 26.7 Å². The van der Waals surface area contributed by atoms with Crippen molar-refractivity contribution in [2.24, 2.45) is 5.92 Å². The summed E-state index contributed by atoms with van der Waals surface area (Å²) in [6.45, 7) is 6.40. The van der Waals surface area contributed by atoms with E-state index in [-0.39, 0.29) is 11.6 Å². The van der Waals surface area contributed by atoms with Crippen LogP contribution in [0.5, 0.6) is 5.88 Å². The van der Waals surface area contributed by atoms with E-state index in [2.05, 4.69) is 34.1 Å². The van der Waals surface area contributed by atoms with Gasteiger partial charge < -0.3 is 9.47 Å². The molecule has 0 amide bonds. The van der Waals surface area contributed by atoms with E-state index in [1.165, 1.54) is 0 Å². The molecule has 0 saturated carbocycles. The van der Waals surface area contributed by atoms with Crippen molar-refractivity contribution in [3.05, 3.63) is 24.4 Å². The summed E-state index contributed by atoms with van der Waals surface area (Å²) in [7, 11) is 0. The summed E-state index contributed by atoms with van der Waals surface area (Å²) in [5.74, 6) is 0.401. The van der Waals surface area contributed by atoms with Crippen molar-refractivity contribution < 1.29 is 13.9 Å². The molecule has 8 heteroatoms. The monoisotopic (exact) mass is 359 g/mol. The Labute approximate surface area is 150 Å². The lowest BCUT2D eigenvalue weighted by Gasteiger charge is -2.23. The molecule has 1 fully saturated rings. The second-order valence-electron chi connectivity index (χ2n) is 7.01. The molecule has 0 bridgehead atoms. The Morgan fingerprint density at radius 1 is 1.35 bits per heavy atom. The van der Waals surface area contributed by atoms with Gasteiger partial charge in [-0.1, -0.05) is 13.8 Å². The van der Waals surface area contributed by atoms with Gasteiger partial charge in [0, 0.05) is 31.1 Å². The van der Waals surface area contributed by atoms with E-state index in [0.29, 0.717) is 36.1 Å². The first-order valence-corrected chi connectivity index (χ1v) is 8.91. The van der Waals surface area contributed by atoms with Gasteiger partial charge in [0.15, 0.2) is 5.82 Å². The minimum absolute atomic E-state index is 0.0105. The van der Waals surface area contributed by atoms with E-state index >= 15 is 0 Å². The van der Waals surface area contributed by atoms with Crippen LogP contribution in [0.3, 0.4) is 0 Å². The van der Waals surface area contributed by atoms with Gasteiger partial charge in [-0.3, -0.25) is 9.78 Å². The van der Waals surface area contributed by atoms with Crippen molar-refractivity contribution in [2.45, 2.75) is 39.3 Å². The van der Waals surface area contributed by atoms with Crippen molar-refractivity contribution in [3.8, 4) is 17.1 Å². The summed E-state index contributed by atoms with van der Waals surface area (Å²) in [6, 6.07) is 0. The first-order valence-electron chi connectivity index (χ1n) is 8.91. The second-order valence-corrected chi connectivity index (χ2v) is 7.01. The third-order valence-corrected chi connectivity index (χ3v) is 4.42. The highest BCUT2D eigenvalue weighted by atomic mass is 19.1. The van der Waals surface area contributed by atoms with Gasteiger partial charge in [0.2, 0.25) is 5.88 Å². The maximum Gasteiger partial charge on any atom is 0.225 e. The van der Waals surface area contributed by atoms with Crippen molar-refractivity contribution >= 4 is 10.9 Å². The lowest BCUT2D eigenvalue weighted by molar-refractivity contribution is 0.0244. The highest BCUT2D eigenvalue weighted by Gasteiger charge is 2.22. The Morgan fingerprint density at radius 3 is 2.92 bits per heavy atom. The summed E-state index contributed by atoms with van der Waals surface area (Å²) >= 11 is 0. The fourth-order valence-electron chi connectivity index (χ4n) is 3.18. The normalized spacial score (nSPS) is 15.8. The van der Waals surface area contributed by atoms with Crippen molar-refractivity contribution in [2.75, 3.05) is 13.2 Å². The molecule has 1 aliphatic rings. The van der Waals surface area contributed by atoms with E-state index in [0.717, 1.165) is 31.1 Å². The molecule has 1 aliphatic heterocycles. The van der Waals surface area contributed by atoms with Crippen LogP contribution < -0.4 is 4.74 Å². The highest BCUT2D eigenvalue weighted by Crippen LogP contribution is 2.34. The molecule has 1 N–H and O–H groups in total. The van der Waals surface area contributed by atoms with Crippen LogP contribution in [-0.4, -0.2) is 44.3 Å². The zero-order valence-electron chi connectivity index (χ0n) is 14.9. The number of hydrogen-bond donors (Lipinski definition) is 1. The largest absolute Gasteiger partial charge is 0.474 e. The number of nitrogens with zero attached hydrogens (tertiary/aromatic N) is 4. The first-order chi connectivity index (χ1) is 12.6. The highest BCUT2D eigenvalue weighted by molar-refractivity contribution is 5.96. The third-order valence-electron chi connectivity index (χ3n) is 4.42. The topological polar surface area (TPSA) is 77.9 Å². The number of aromatic amines is 1. The summed E-state index contributed by atoms with van der Waals surface area (Å²) < 4.78 is 27.5. The number of halogens is 1. The van der Waals surface area contributed by atoms with Gasteiger partial charge in [-0.25, -0.2) is 9.37 Å². The number of nitrogens with one attached hydrogen (secondary N) is 1. The molecular formula is C18H22FN5O2. The minimum atomic E-state index is -0.476. The molecular weight excluding hydrogens is 337 g/mol. The average molecular weight is 359 g/mol. The average Bonchev–Trinajstić information content (AvgIpc) is 3.25. The quantitative estimate of drug-likeness (QED) is 0.757. The van der Waals surface area contributed by atoms with E-state index in [4.69, 9.17) is 9.47 Å². The van der Waals surface area contributed by atoms with E-state index in [9.17, 15) is 4.39 Å². The molecule has 0 unspecified atom stereocenters. The summed E-state index contributed by atoms with van der Waals surface area (Å²) in [5.41, 5.74) is 1.73. The molecule has 4 rings (SSSR count). The lowest BCUT2D eigenvalue weighted by atomic mass is 10.1. The molecule has 3 aromatic heterocycles. The minimum Gasteiger partial charge on any atom is -0.474 e. The van der Waals surface area contributed by atoms with Gasteiger partial charge in [-0.2, -0.15) is 10.2 Å².